The molecular weight excluding hydrogens is 254 g/mol. The van der Waals surface area contributed by atoms with Gasteiger partial charge in [-0.1, -0.05) is 11.6 Å². The van der Waals surface area contributed by atoms with Gasteiger partial charge in [0.2, 0.25) is 0 Å². The Hall–Kier alpha value is -0.460. The summed E-state index contributed by atoms with van der Waals surface area (Å²) in [6.45, 7) is 0.0432. The SMILES string of the molecule is CNCc1c(C(F)(F)F)nn(C)c1Cl.Cl. The molecule has 3 nitrogen and oxygen atoms in total. The summed E-state index contributed by atoms with van der Waals surface area (Å²) in [5.74, 6) is 0. The van der Waals surface area contributed by atoms with Crippen molar-refractivity contribution < 1.29 is 13.2 Å². The van der Waals surface area contributed by atoms with E-state index < -0.39 is 11.9 Å². The molecule has 0 bridgehead atoms. The van der Waals surface area contributed by atoms with Crippen molar-refractivity contribution in [3.05, 3.63) is 16.4 Å². The highest BCUT2D eigenvalue weighted by atomic mass is 35.5. The molecule has 0 aliphatic heterocycles. The number of hydrogen-bond donors (Lipinski definition) is 1. The predicted octanol–water partition coefficient (Wildman–Crippen LogP) is 2.23. The Morgan fingerprint density at radius 2 is 2.00 bits per heavy atom. The second-order valence-corrected chi connectivity index (χ2v) is 3.13. The number of hydrogen-bond acceptors (Lipinski definition) is 2. The van der Waals surface area contributed by atoms with Gasteiger partial charge in [0, 0.05) is 19.2 Å². The van der Waals surface area contributed by atoms with Gasteiger partial charge in [-0.3, -0.25) is 4.68 Å². The summed E-state index contributed by atoms with van der Waals surface area (Å²) >= 11 is 5.66. The first-order valence-corrected chi connectivity index (χ1v) is 4.19. The number of nitrogens with zero attached hydrogens (tertiary/aromatic N) is 2. The van der Waals surface area contributed by atoms with Crippen molar-refractivity contribution in [1.82, 2.24) is 15.1 Å². The van der Waals surface area contributed by atoms with Crippen LogP contribution in [0.2, 0.25) is 5.15 Å². The number of rotatable bonds is 2. The molecular formula is C7H10Cl2F3N3. The zero-order chi connectivity index (χ0) is 10.9. The van der Waals surface area contributed by atoms with Gasteiger partial charge >= 0.3 is 6.18 Å². The molecule has 0 saturated carbocycles. The van der Waals surface area contributed by atoms with Crippen LogP contribution in [0, 0.1) is 0 Å². The van der Waals surface area contributed by atoms with Gasteiger partial charge in [-0.05, 0) is 7.05 Å². The fourth-order valence-electron chi connectivity index (χ4n) is 1.11. The molecule has 0 atom stereocenters. The van der Waals surface area contributed by atoms with Gasteiger partial charge < -0.3 is 5.32 Å². The van der Waals surface area contributed by atoms with Crippen LogP contribution in [0.15, 0.2) is 0 Å². The van der Waals surface area contributed by atoms with Gasteiger partial charge in [0.05, 0.1) is 0 Å². The van der Waals surface area contributed by atoms with Crippen LogP contribution in [-0.4, -0.2) is 16.8 Å². The minimum atomic E-state index is -4.46. The van der Waals surface area contributed by atoms with E-state index in [2.05, 4.69) is 10.4 Å². The molecule has 8 heteroatoms. The van der Waals surface area contributed by atoms with E-state index in [1.54, 1.807) is 7.05 Å². The minimum absolute atomic E-state index is 0. The zero-order valence-electron chi connectivity index (χ0n) is 8.02. The largest absolute Gasteiger partial charge is 0.435 e. The Morgan fingerprint density at radius 1 is 1.47 bits per heavy atom. The number of aryl methyl sites for hydroxylation is 1. The Morgan fingerprint density at radius 3 is 2.40 bits per heavy atom. The standard InChI is InChI=1S/C7H9ClF3N3.ClH/c1-12-3-4-5(7(9,10)11)13-14(2)6(4)8;/h12H,3H2,1-2H3;1H. The molecule has 0 unspecified atom stereocenters. The van der Waals surface area contributed by atoms with E-state index >= 15 is 0 Å². The summed E-state index contributed by atoms with van der Waals surface area (Å²) in [5.41, 5.74) is -0.955. The average molecular weight is 264 g/mol. The molecule has 15 heavy (non-hydrogen) atoms. The fourth-order valence-corrected chi connectivity index (χ4v) is 1.30. The van der Waals surface area contributed by atoms with Crippen LogP contribution in [-0.2, 0) is 19.8 Å². The third-order valence-electron chi connectivity index (χ3n) is 1.69. The van der Waals surface area contributed by atoms with Crippen molar-refractivity contribution in [3.63, 3.8) is 0 Å². The molecule has 0 saturated heterocycles. The van der Waals surface area contributed by atoms with Gasteiger partial charge in [-0.2, -0.15) is 18.3 Å². The highest BCUT2D eigenvalue weighted by Gasteiger charge is 2.38. The third kappa shape index (κ3) is 2.99. The third-order valence-corrected chi connectivity index (χ3v) is 2.16. The first-order chi connectivity index (χ1) is 6.38. The van der Waals surface area contributed by atoms with Crippen molar-refractivity contribution in [1.29, 1.82) is 0 Å². The molecule has 0 aromatic carbocycles. The summed E-state index contributed by atoms with van der Waals surface area (Å²) in [7, 11) is 2.92. The highest BCUT2D eigenvalue weighted by Crippen LogP contribution is 2.33. The maximum atomic E-state index is 12.4. The lowest BCUT2D eigenvalue weighted by Gasteiger charge is -2.05. The summed E-state index contributed by atoms with van der Waals surface area (Å²) in [4.78, 5) is 0. The highest BCUT2D eigenvalue weighted by molar-refractivity contribution is 6.30. The molecule has 1 aromatic heterocycles. The van der Waals surface area contributed by atoms with Gasteiger partial charge in [0.15, 0.2) is 5.69 Å². The van der Waals surface area contributed by atoms with E-state index in [0.717, 1.165) is 4.68 Å². The number of alkyl halides is 3. The monoisotopic (exact) mass is 263 g/mol. The molecule has 0 aliphatic carbocycles. The molecule has 0 amide bonds. The minimum Gasteiger partial charge on any atom is -0.316 e. The van der Waals surface area contributed by atoms with Crippen molar-refractivity contribution in [2.24, 2.45) is 7.05 Å². The molecule has 1 aromatic rings. The van der Waals surface area contributed by atoms with E-state index in [1.165, 1.54) is 7.05 Å². The normalized spacial score (nSPS) is 11.3. The van der Waals surface area contributed by atoms with Crippen LogP contribution in [0.1, 0.15) is 11.3 Å². The number of aromatic nitrogens is 2. The van der Waals surface area contributed by atoms with Gasteiger partial charge in [-0.25, -0.2) is 0 Å². The fraction of sp³-hybridized carbons (Fsp3) is 0.571. The van der Waals surface area contributed by atoms with Gasteiger partial charge in [0.25, 0.3) is 0 Å². The van der Waals surface area contributed by atoms with Crippen molar-refractivity contribution in [2.45, 2.75) is 12.7 Å². The van der Waals surface area contributed by atoms with Crippen molar-refractivity contribution in [3.8, 4) is 0 Å². The molecule has 1 N–H and O–H groups in total. The Kier molecular flexibility index (Phi) is 4.89. The Balaban J connectivity index is 0.00000196. The molecule has 1 heterocycles. The number of halogens is 5. The second-order valence-electron chi connectivity index (χ2n) is 2.77. The van der Waals surface area contributed by atoms with Crippen LogP contribution in [0.4, 0.5) is 13.2 Å². The average Bonchev–Trinajstić information content (AvgIpc) is 2.32. The summed E-state index contributed by atoms with van der Waals surface area (Å²) in [6, 6.07) is 0. The first kappa shape index (κ1) is 14.5. The quantitative estimate of drug-likeness (QED) is 0.887. The molecule has 1 rings (SSSR count). The summed E-state index contributed by atoms with van der Waals surface area (Å²) in [6.07, 6.45) is -4.46. The van der Waals surface area contributed by atoms with Crippen LogP contribution in [0.5, 0.6) is 0 Å². The maximum Gasteiger partial charge on any atom is 0.435 e. The lowest BCUT2D eigenvalue weighted by Crippen LogP contribution is -2.13. The topological polar surface area (TPSA) is 29.9 Å². The molecule has 88 valence electrons. The van der Waals surface area contributed by atoms with Gasteiger partial charge in [-0.15, -0.1) is 12.4 Å². The summed E-state index contributed by atoms with van der Waals surface area (Å²) in [5, 5.41) is 5.94. The van der Waals surface area contributed by atoms with Crippen molar-refractivity contribution in [2.75, 3.05) is 7.05 Å². The smallest absolute Gasteiger partial charge is 0.316 e. The first-order valence-electron chi connectivity index (χ1n) is 3.81. The molecule has 0 fully saturated rings. The van der Waals surface area contributed by atoms with E-state index in [1.807, 2.05) is 0 Å². The van der Waals surface area contributed by atoms with Crippen LogP contribution in [0.25, 0.3) is 0 Å². The van der Waals surface area contributed by atoms with E-state index in [-0.39, 0.29) is 29.7 Å². The van der Waals surface area contributed by atoms with E-state index in [9.17, 15) is 13.2 Å². The van der Waals surface area contributed by atoms with E-state index in [4.69, 9.17) is 11.6 Å². The lowest BCUT2D eigenvalue weighted by molar-refractivity contribution is -0.142. The predicted molar refractivity (Wildman–Crippen MR) is 53.2 cm³/mol. The lowest BCUT2D eigenvalue weighted by atomic mass is 10.2. The van der Waals surface area contributed by atoms with Crippen LogP contribution in [0.3, 0.4) is 0 Å². The van der Waals surface area contributed by atoms with Crippen molar-refractivity contribution >= 4 is 24.0 Å². The van der Waals surface area contributed by atoms with Crippen LogP contribution < -0.4 is 5.32 Å². The molecule has 0 aliphatic rings. The second kappa shape index (κ2) is 5.05. The Bertz CT molecular complexity index is 335. The van der Waals surface area contributed by atoms with Gasteiger partial charge in [0.1, 0.15) is 5.15 Å². The van der Waals surface area contributed by atoms with E-state index in [0.29, 0.717) is 0 Å². The number of nitrogens with one attached hydrogen (secondary N) is 1. The summed E-state index contributed by atoms with van der Waals surface area (Å²) < 4.78 is 38.2. The molecule has 0 radical (unpaired) electrons. The van der Waals surface area contributed by atoms with Crippen LogP contribution >= 0.6 is 24.0 Å². The maximum absolute atomic E-state index is 12.4. The Labute approximate surface area is 96.0 Å². The zero-order valence-corrected chi connectivity index (χ0v) is 9.59. The molecule has 0 spiro atoms.